The van der Waals surface area contributed by atoms with Crippen LogP contribution in [0.5, 0.6) is 5.75 Å². The summed E-state index contributed by atoms with van der Waals surface area (Å²) in [7, 11) is 0. The average Bonchev–Trinajstić information content (AvgIpc) is 3.03. The van der Waals surface area contributed by atoms with Crippen molar-refractivity contribution in [3.8, 4) is 5.75 Å². The summed E-state index contributed by atoms with van der Waals surface area (Å²) in [5, 5.41) is 4.67. The van der Waals surface area contributed by atoms with Gasteiger partial charge in [0.05, 0.1) is 12.2 Å². The highest BCUT2D eigenvalue weighted by atomic mass is 32.1. The minimum atomic E-state index is -0.304. The smallest absolute Gasteiger partial charge is 0.279 e. The van der Waals surface area contributed by atoms with Crippen molar-refractivity contribution in [1.29, 1.82) is 0 Å². The third-order valence-corrected chi connectivity index (χ3v) is 4.86. The maximum absolute atomic E-state index is 12.5. The Labute approximate surface area is 141 Å². The topological polar surface area (TPSA) is 72.7 Å². The number of thiazole rings is 1. The summed E-state index contributed by atoms with van der Waals surface area (Å²) in [6, 6.07) is 7.53. The zero-order chi connectivity index (χ0) is 16.7. The van der Waals surface area contributed by atoms with Crippen LogP contribution in [0, 0.1) is 0 Å². The number of hydrogen-bond donors (Lipinski definition) is 1. The van der Waals surface area contributed by atoms with Crippen LogP contribution in [0.25, 0.3) is 4.96 Å². The van der Waals surface area contributed by atoms with Crippen LogP contribution in [0.1, 0.15) is 30.4 Å². The molecule has 24 heavy (non-hydrogen) atoms. The Kier molecular flexibility index (Phi) is 3.57. The minimum Gasteiger partial charge on any atom is -0.494 e. The highest BCUT2D eigenvalue weighted by molar-refractivity contribution is 7.15. The van der Waals surface area contributed by atoms with Crippen LogP contribution in [-0.4, -0.2) is 21.9 Å². The van der Waals surface area contributed by atoms with Gasteiger partial charge in [0.25, 0.3) is 5.56 Å². The second kappa shape index (κ2) is 5.76. The van der Waals surface area contributed by atoms with E-state index in [1.165, 1.54) is 11.3 Å². The van der Waals surface area contributed by atoms with Crippen LogP contribution in [0.2, 0.25) is 0 Å². The van der Waals surface area contributed by atoms with Crippen LogP contribution in [0.4, 0.5) is 5.82 Å². The molecular formula is C17H15N3O3S. The number of fused-ring (bicyclic) bond motifs is 3. The summed E-state index contributed by atoms with van der Waals surface area (Å²) in [4.78, 5) is 29.5. The van der Waals surface area contributed by atoms with Gasteiger partial charge in [-0.1, -0.05) is 12.1 Å². The molecule has 3 aromatic rings. The summed E-state index contributed by atoms with van der Waals surface area (Å²) in [6.07, 6.45) is 2.04. The van der Waals surface area contributed by atoms with E-state index in [1.807, 2.05) is 42.8 Å². The summed E-state index contributed by atoms with van der Waals surface area (Å²) in [6.45, 7) is 2.52. The van der Waals surface area contributed by atoms with Crippen molar-refractivity contribution in [2.45, 2.75) is 19.3 Å². The molecule has 1 aromatic carbocycles. The number of hydrogen-bond acceptors (Lipinski definition) is 5. The van der Waals surface area contributed by atoms with E-state index in [0.717, 1.165) is 11.3 Å². The van der Waals surface area contributed by atoms with E-state index < -0.39 is 0 Å². The maximum atomic E-state index is 12.5. The molecule has 0 saturated heterocycles. The lowest BCUT2D eigenvalue weighted by Gasteiger charge is -2.25. The number of nitrogens with one attached hydrogen (secondary N) is 1. The molecule has 0 fully saturated rings. The van der Waals surface area contributed by atoms with Gasteiger partial charge in [-0.3, -0.25) is 14.0 Å². The van der Waals surface area contributed by atoms with Crippen molar-refractivity contribution >= 4 is 28.0 Å². The van der Waals surface area contributed by atoms with Crippen LogP contribution >= 0.6 is 11.3 Å². The highest BCUT2D eigenvalue weighted by Gasteiger charge is 2.31. The SMILES string of the molecule is CCOc1ccc([C@H]2CC(=O)Nc3c2c(=O)nc2sccn32)cc1. The number of carbonyl (C=O) groups excluding carboxylic acids is 1. The van der Waals surface area contributed by atoms with Crippen molar-refractivity contribution in [3.05, 3.63) is 57.3 Å². The van der Waals surface area contributed by atoms with Crippen LogP contribution < -0.4 is 15.6 Å². The molecule has 2 aromatic heterocycles. The molecule has 7 heteroatoms. The lowest BCUT2D eigenvalue weighted by Crippen LogP contribution is -2.31. The van der Waals surface area contributed by atoms with Gasteiger partial charge in [-0.05, 0) is 24.6 Å². The molecule has 1 atom stereocenters. The second-order valence-corrected chi connectivity index (χ2v) is 6.41. The van der Waals surface area contributed by atoms with E-state index in [-0.39, 0.29) is 23.8 Å². The van der Waals surface area contributed by atoms with E-state index in [1.54, 1.807) is 4.40 Å². The van der Waals surface area contributed by atoms with Crippen molar-refractivity contribution in [1.82, 2.24) is 9.38 Å². The first-order chi connectivity index (χ1) is 11.7. The standard InChI is InChI=1S/C17H15N3O3S/c1-2-23-11-5-3-10(4-6-11)12-9-13(21)18-15-14(12)16(22)19-17-20(15)7-8-24-17/h3-8,12H,2,9H2,1H3,(H,18,21)/t12-/m1/s1. The van der Waals surface area contributed by atoms with Gasteiger partial charge in [0, 0.05) is 23.9 Å². The van der Waals surface area contributed by atoms with E-state index in [4.69, 9.17) is 4.74 Å². The van der Waals surface area contributed by atoms with Crippen molar-refractivity contribution < 1.29 is 9.53 Å². The molecule has 1 N–H and O–H groups in total. The first-order valence-electron chi connectivity index (χ1n) is 7.69. The van der Waals surface area contributed by atoms with E-state index >= 15 is 0 Å². The van der Waals surface area contributed by atoms with Gasteiger partial charge in [-0.25, -0.2) is 0 Å². The zero-order valence-electron chi connectivity index (χ0n) is 13.0. The fraction of sp³-hybridized carbons (Fsp3) is 0.235. The molecule has 0 aliphatic carbocycles. The molecule has 1 aliphatic rings. The van der Waals surface area contributed by atoms with Crippen molar-refractivity contribution in [3.63, 3.8) is 0 Å². The lowest BCUT2D eigenvalue weighted by molar-refractivity contribution is -0.116. The summed E-state index contributed by atoms with van der Waals surface area (Å²) in [5.41, 5.74) is 1.16. The van der Waals surface area contributed by atoms with Crippen molar-refractivity contribution in [2.24, 2.45) is 0 Å². The Morgan fingerprint density at radius 1 is 1.33 bits per heavy atom. The third kappa shape index (κ3) is 2.37. The molecule has 0 spiro atoms. The normalized spacial score (nSPS) is 16.7. The number of amides is 1. The number of nitrogens with zero attached hydrogens (tertiary/aromatic N) is 2. The summed E-state index contributed by atoms with van der Waals surface area (Å²) >= 11 is 1.36. The molecule has 0 bridgehead atoms. The molecule has 122 valence electrons. The van der Waals surface area contributed by atoms with E-state index in [9.17, 15) is 9.59 Å². The third-order valence-electron chi connectivity index (χ3n) is 4.10. The van der Waals surface area contributed by atoms with Gasteiger partial charge in [-0.2, -0.15) is 4.98 Å². The number of carbonyl (C=O) groups is 1. The van der Waals surface area contributed by atoms with Gasteiger partial charge in [0.1, 0.15) is 11.6 Å². The molecular weight excluding hydrogens is 326 g/mol. The second-order valence-electron chi connectivity index (χ2n) is 5.54. The average molecular weight is 341 g/mol. The minimum absolute atomic E-state index is 0.105. The van der Waals surface area contributed by atoms with E-state index in [0.29, 0.717) is 22.9 Å². The van der Waals surface area contributed by atoms with Crippen molar-refractivity contribution in [2.75, 3.05) is 11.9 Å². The van der Waals surface area contributed by atoms with E-state index in [2.05, 4.69) is 10.3 Å². The zero-order valence-corrected chi connectivity index (χ0v) is 13.8. The van der Waals surface area contributed by atoms with Crippen LogP contribution in [0.3, 0.4) is 0 Å². The van der Waals surface area contributed by atoms with Gasteiger partial charge in [-0.15, -0.1) is 11.3 Å². The Morgan fingerprint density at radius 3 is 2.88 bits per heavy atom. The predicted octanol–water partition coefficient (Wildman–Crippen LogP) is 2.63. The van der Waals surface area contributed by atoms with Gasteiger partial charge in [0.2, 0.25) is 5.91 Å². The highest BCUT2D eigenvalue weighted by Crippen LogP contribution is 2.35. The number of rotatable bonds is 3. The Bertz CT molecular complexity index is 975. The first-order valence-corrected chi connectivity index (χ1v) is 8.57. The Hall–Kier alpha value is -2.67. The van der Waals surface area contributed by atoms with Gasteiger partial charge >= 0.3 is 0 Å². The fourth-order valence-electron chi connectivity index (χ4n) is 3.06. The number of aromatic nitrogens is 2. The molecule has 1 amide bonds. The molecule has 0 unspecified atom stereocenters. The monoisotopic (exact) mass is 341 g/mol. The number of benzene rings is 1. The lowest BCUT2D eigenvalue weighted by atomic mass is 9.87. The summed E-state index contributed by atoms with van der Waals surface area (Å²) in [5.74, 6) is 0.888. The molecule has 0 radical (unpaired) electrons. The quantitative estimate of drug-likeness (QED) is 0.795. The van der Waals surface area contributed by atoms with Gasteiger partial charge in [0.15, 0.2) is 4.96 Å². The Morgan fingerprint density at radius 2 is 2.12 bits per heavy atom. The molecule has 1 aliphatic heterocycles. The summed E-state index contributed by atoms with van der Waals surface area (Å²) < 4.78 is 7.22. The van der Waals surface area contributed by atoms with Crippen LogP contribution in [0.15, 0.2) is 40.6 Å². The fourth-order valence-corrected chi connectivity index (χ4v) is 3.77. The maximum Gasteiger partial charge on any atom is 0.279 e. The molecule has 0 saturated carbocycles. The number of ether oxygens (including phenoxy) is 1. The van der Waals surface area contributed by atoms with Crippen LogP contribution in [-0.2, 0) is 4.79 Å². The Balaban J connectivity index is 1.86. The molecule has 3 heterocycles. The molecule has 4 rings (SSSR count). The first kappa shape index (κ1) is 14.9. The van der Waals surface area contributed by atoms with Gasteiger partial charge < -0.3 is 10.1 Å². The predicted molar refractivity (Wildman–Crippen MR) is 92.0 cm³/mol. The number of anilines is 1. The molecule has 6 nitrogen and oxygen atoms in total. The largest absolute Gasteiger partial charge is 0.494 e.